The number of aryl methyl sites for hydroxylation is 1. The molecule has 1 unspecified atom stereocenters. The van der Waals surface area contributed by atoms with Gasteiger partial charge in [0, 0.05) is 43.3 Å². The van der Waals surface area contributed by atoms with E-state index in [1.165, 1.54) is 16.1 Å². The van der Waals surface area contributed by atoms with Gasteiger partial charge in [-0.3, -0.25) is 4.90 Å². The third kappa shape index (κ3) is 3.12. The summed E-state index contributed by atoms with van der Waals surface area (Å²) in [7, 11) is 0. The second-order valence-corrected chi connectivity index (χ2v) is 6.53. The summed E-state index contributed by atoms with van der Waals surface area (Å²) in [6.45, 7) is 7.19. The SMILES string of the molecule is Cc1ccsc1C(CN)N1CCN(c2ccccc2)CC1. The fourth-order valence-corrected chi connectivity index (χ4v) is 4.15. The lowest BCUT2D eigenvalue weighted by Crippen LogP contribution is -2.49. The van der Waals surface area contributed by atoms with Crippen molar-refractivity contribution in [1.82, 2.24) is 4.90 Å². The molecule has 2 heterocycles. The number of rotatable bonds is 4. The van der Waals surface area contributed by atoms with Crippen LogP contribution >= 0.6 is 11.3 Å². The molecule has 0 saturated carbocycles. The molecule has 2 N–H and O–H groups in total. The first-order chi connectivity index (χ1) is 10.3. The monoisotopic (exact) mass is 301 g/mol. The highest BCUT2D eigenvalue weighted by Gasteiger charge is 2.25. The fourth-order valence-electron chi connectivity index (χ4n) is 3.08. The first-order valence-corrected chi connectivity index (χ1v) is 8.45. The first kappa shape index (κ1) is 14.6. The minimum atomic E-state index is 0.378. The van der Waals surface area contributed by atoms with Crippen molar-refractivity contribution in [3.05, 3.63) is 52.2 Å². The average molecular weight is 301 g/mol. The zero-order valence-electron chi connectivity index (χ0n) is 12.5. The van der Waals surface area contributed by atoms with Gasteiger partial charge in [-0.05, 0) is 36.1 Å². The van der Waals surface area contributed by atoms with Gasteiger partial charge in [-0.25, -0.2) is 0 Å². The third-order valence-corrected chi connectivity index (χ3v) is 5.42. The maximum atomic E-state index is 6.06. The molecule has 1 aromatic carbocycles. The summed E-state index contributed by atoms with van der Waals surface area (Å²) in [4.78, 5) is 6.44. The summed E-state index contributed by atoms with van der Waals surface area (Å²) >= 11 is 1.84. The minimum absolute atomic E-state index is 0.378. The molecular weight excluding hydrogens is 278 g/mol. The molecule has 21 heavy (non-hydrogen) atoms. The molecule has 0 amide bonds. The van der Waals surface area contributed by atoms with Crippen LogP contribution < -0.4 is 10.6 Å². The molecule has 3 nitrogen and oxygen atoms in total. The minimum Gasteiger partial charge on any atom is -0.369 e. The smallest absolute Gasteiger partial charge is 0.0568 e. The van der Waals surface area contributed by atoms with Crippen LogP contribution in [0.5, 0.6) is 0 Å². The van der Waals surface area contributed by atoms with Gasteiger partial charge in [-0.2, -0.15) is 0 Å². The van der Waals surface area contributed by atoms with E-state index in [9.17, 15) is 0 Å². The molecule has 0 spiro atoms. The molecule has 1 atom stereocenters. The lowest BCUT2D eigenvalue weighted by Gasteiger charge is -2.40. The van der Waals surface area contributed by atoms with Crippen LogP contribution in [0.3, 0.4) is 0 Å². The number of nitrogens with two attached hydrogens (primary N) is 1. The Balaban J connectivity index is 1.66. The van der Waals surface area contributed by atoms with Gasteiger partial charge in [0.15, 0.2) is 0 Å². The molecule has 4 heteroatoms. The number of hydrogen-bond donors (Lipinski definition) is 1. The predicted molar refractivity (Wildman–Crippen MR) is 91.1 cm³/mol. The Kier molecular flexibility index (Phi) is 4.58. The Labute approximate surface area is 131 Å². The largest absolute Gasteiger partial charge is 0.369 e. The van der Waals surface area contributed by atoms with Gasteiger partial charge >= 0.3 is 0 Å². The van der Waals surface area contributed by atoms with E-state index in [0.717, 1.165) is 26.2 Å². The molecule has 3 rings (SSSR count). The summed E-state index contributed by atoms with van der Waals surface area (Å²) in [6.07, 6.45) is 0. The topological polar surface area (TPSA) is 32.5 Å². The van der Waals surface area contributed by atoms with Gasteiger partial charge in [-0.1, -0.05) is 18.2 Å². The molecule has 1 saturated heterocycles. The van der Waals surface area contributed by atoms with Crippen molar-refractivity contribution in [3.8, 4) is 0 Å². The average Bonchev–Trinajstić information content (AvgIpc) is 2.96. The third-order valence-electron chi connectivity index (χ3n) is 4.30. The second kappa shape index (κ2) is 6.60. The van der Waals surface area contributed by atoms with Gasteiger partial charge in [0.2, 0.25) is 0 Å². The van der Waals surface area contributed by atoms with Crippen molar-refractivity contribution in [2.75, 3.05) is 37.6 Å². The Morgan fingerprint density at radius 1 is 1.10 bits per heavy atom. The number of nitrogens with zero attached hydrogens (tertiary/aromatic N) is 2. The summed E-state index contributed by atoms with van der Waals surface area (Å²) in [5.41, 5.74) is 8.76. The van der Waals surface area contributed by atoms with Gasteiger partial charge in [0.25, 0.3) is 0 Å². The number of hydrogen-bond acceptors (Lipinski definition) is 4. The van der Waals surface area contributed by atoms with Crippen LogP contribution in [0.1, 0.15) is 16.5 Å². The zero-order chi connectivity index (χ0) is 14.7. The summed E-state index contributed by atoms with van der Waals surface area (Å²) < 4.78 is 0. The Bertz CT molecular complexity index is 558. The van der Waals surface area contributed by atoms with Crippen LogP contribution in [0.4, 0.5) is 5.69 Å². The van der Waals surface area contributed by atoms with Crippen LogP contribution in [0.15, 0.2) is 41.8 Å². The highest BCUT2D eigenvalue weighted by molar-refractivity contribution is 7.10. The van der Waals surface area contributed by atoms with Gasteiger partial charge < -0.3 is 10.6 Å². The number of benzene rings is 1. The van der Waals surface area contributed by atoms with E-state index in [2.05, 4.69) is 58.5 Å². The van der Waals surface area contributed by atoms with Crippen LogP contribution in [-0.4, -0.2) is 37.6 Å². The van der Waals surface area contributed by atoms with Crippen LogP contribution in [0.25, 0.3) is 0 Å². The summed E-state index contributed by atoms with van der Waals surface area (Å²) in [5, 5.41) is 2.17. The Morgan fingerprint density at radius 3 is 2.38 bits per heavy atom. The van der Waals surface area contributed by atoms with E-state index in [1.54, 1.807) is 0 Å². The van der Waals surface area contributed by atoms with E-state index < -0.39 is 0 Å². The quantitative estimate of drug-likeness (QED) is 0.942. The Morgan fingerprint density at radius 2 is 1.81 bits per heavy atom. The lowest BCUT2D eigenvalue weighted by molar-refractivity contribution is 0.192. The van der Waals surface area contributed by atoms with Crippen molar-refractivity contribution < 1.29 is 0 Å². The molecule has 2 aromatic rings. The highest BCUT2D eigenvalue weighted by Crippen LogP contribution is 2.29. The normalized spacial score (nSPS) is 17.9. The standard InChI is InChI=1S/C17H23N3S/c1-14-7-12-21-17(14)16(13-18)20-10-8-19(9-11-20)15-5-3-2-4-6-15/h2-7,12,16H,8-11,13,18H2,1H3. The zero-order valence-corrected chi connectivity index (χ0v) is 13.4. The van der Waals surface area contributed by atoms with Gasteiger partial charge in [-0.15, -0.1) is 11.3 Å². The van der Waals surface area contributed by atoms with E-state index in [4.69, 9.17) is 5.73 Å². The van der Waals surface area contributed by atoms with Crippen molar-refractivity contribution in [3.63, 3.8) is 0 Å². The summed E-state index contributed by atoms with van der Waals surface area (Å²) in [5.74, 6) is 0. The molecule has 1 aromatic heterocycles. The van der Waals surface area contributed by atoms with Crippen LogP contribution in [0, 0.1) is 6.92 Å². The maximum Gasteiger partial charge on any atom is 0.0568 e. The van der Waals surface area contributed by atoms with Crippen molar-refractivity contribution in [2.45, 2.75) is 13.0 Å². The lowest BCUT2D eigenvalue weighted by atomic mass is 10.1. The van der Waals surface area contributed by atoms with Gasteiger partial charge in [0.05, 0.1) is 6.04 Å². The van der Waals surface area contributed by atoms with Crippen molar-refractivity contribution in [1.29, 1.82) is 0 Å². The van der Waals surface area contributed by atoms with Crippen LogP contribution in [0.2, 0.25) is 0 Å². The van der Waals surface area contributed by atoms with Crippen molar-refractivity contribution >= 4 is 17.0 Å². The van der Waals surface area contributed by atoms with Crippen molar-refractivity contribution in [2.24, 2.45) is 5.73 Å². The molecule has 1 fully saturated rings. The number of anilines is 1. The molecule has 1 aliphatic rings. The number of para-hydroxylation sites is 1. The predicted octanol–water partition coefficient (Wildman–Crippen LogP) is 2.88. The maximum absolute atomic E-state index is 6.06. The van der Waals surface area contributed by atoms with Gasteiger partial charge in [0.1, 0.15) is 0 Å². The molecule has 0 aliphatic carbocycles. The second-order valence-electron chi connectivity index (χ2n) is 5.58. The highest BCUT2D eigenvalue weighted by atomic mass is 32.1. The van der Waals surface area contributed by atoms with E-state index in [0.29, 0.717) is 12.6 Å². The van der Waals surface area contributed by atoms with E-state index in [1.807, 2.05) is 11.3 Å². The molecule has 1 aliphatic heterocycles. The number of thiophene rings is 1. The molecule has 0 radical (unpaired) electrons. The molecular formula is C17H23N3S. The first-order valence-electron chi connectivity index (χ1n) is 7.57. The molecule has 0 bridgehead atoms. The molecule has 112 valence electrons. The van der Waals surface area contributed by atoms with Crippen LogP contribution in [-0.2, 0) is 0 Å². The number of piperazine rings is 1. The summed E-state index contributed by atoms with van der Waals surface area (Å²) in [6, 6.07) is 13.3. The Hall–Kier alpha value is -1.36. The van der Waals surface area contributed by atoms with E-state index >= 15 is 0 Å². The fraction of sp³-hybridized carbons (Fsp3) is 0.412. The van der Waals surface area contributed by atoms with E-state index in [-0.39, 0.29) is 0 Å².